The first-order valence-electron chi connectivity index (χ1n) is 4.57. The van der Waals surface area contributed by atoms with Crippen molar-refractivity contribution in [3.63, 3.8) is 0 Å². The van der Waals surface area contributed by atoms with E-state index in [2.05, 4.69) is 4.84 Å². The van der Waals surface area contributed by atoms with Crippen LogP contribution in [0, 0.1) is 10.1 Å². The molecule has 18 heavy (non-hydrogen) atoms. The smallest absolute Gasteiger partial charge is 0.300 e. The molecule has 1 rings (SSSR count). The fraction of sp³-hybridized carbons (Fsp3) is 0.111. The van der Waals surface area contributed by atoms with Gasteiger partial charge in [-0.2, -0.15) is 0 Å². The van der Waals surface area contributed by atoms with Crippen LogP contribution >= 0.6 is 11.6 Å². The summed E-state index contributed by atoms with van der Waals surface area (Å²) in [6, 6.07) is 3.85. The van der Waals surface area contributed by atoms with Crippen molar-refractivity contribution >= 4 is 29.1 Å². The predicted octanol–water partition coefficient (Wildman–Crippen LogP) is 0.395. The summed E-state index contributed by atoms with van der Waals surface area (Å²) in [5.41, 5.74) is 5.80. The standard InChI is InChI=1S/C9H8ClN3O5/c10-6-3-1-2-5(8(6)13(16)17)9(15)12-18-4-7(11)14/h1-3H,4H2,(H2,11,14)(H,12,15). The van der Waals surface area contributed by atoms with Crippen LogP contribution in [0.3, 0.4) is 0 Å². The molecule has 0 fully saturated rings. The third-order valence-electron chi connectivity index (χ3n) is 1.79. The maximum atomic E-state index is 11.6. The van der Waals surface area contributed by atoms with Gasteiger partial charge in [0.25, 0.3) is 5.91 Å². The molecule has 3 N–H and O–H groups in total. The summed E-state index contributed by atoms with van der Waals surface area (Å²) < 4.78 is 0. The molecule has 0 radical (unpaired) electrons. The van der Waals surface area contributed by atoms with E-state index in [0.29, 0.717) is 0 Å². The number of nitro benzene ring substituents is 1. The number of nitro groups is 1. The molecule has 0 saturated heterocycles. The van der Waals surface area contributed by atoms with E-state index in [1.165, 1.54) is 18.2 Å². The number of nitrogens with two attached hydrogens (primary N) is 1. The molecule has 1 aromatic carbocycles. The Morgan fingerprint density at radius 3 is 2.72 bits per heavy atom. The first-order chi connectivity index (χ1) is 8.43. The normalized spacial score (nSPS) is 9.83. The first-order valence-corrected chi connectivity index (χ1v) is 4.94. The van der Waals surface area contributed by atoms with E-state index in [1.807, 2.05) is 5.48 Å². The molecule has 0 saturated carbocycles. The van der Waals surface area contributed by atoms with Gasteiger partial charge >= 0.3 is 5.69 Å². The molecule has 0 heterocycles. The maximum Gasteiger partial charge on any atom is 0.300 e. The van der Waals surface area contributed by atoms with E-state index in [4.69, 9.17) is 17.3 Å². The number of halogens is 1. The number of nitrogens with one attached hydrogen (secondary N) is 1. The third kappa shape index (κ3) is 3.40. The Morgan fingerprint density at radius 2 is 2.17 bits per heavy atom. The minimum atomic E-state index is -0.898. The van der Waals surface area contributed by atoms with Crippen molar-refractivity contribution in [2.45, 2.75) is 0 Å². The van der Waals surface area contributed by atoms with Gasteiger partial charge in [0.1, 0.15) is 10.6 Å². The summed E-state index contributed by atoms with van der Waals surface area (Å²) in [6.45, 7) is -0.542. The van der Waals surface area contributed by atoms with Gasteiger partial charge in [-0.15, -0.1) is 0 Å². The first kappa shape index (κ1) is 13.9. The summed E-state index contributed by atoms with van der Waals surface area (Å²) in [7, 11) is 0. The van der Waals surface area contributed by atoms with Crippen molar-refractivity contribution in [3.8, 4) is 0 Å². The molecule has 0 atom stereocenters. The maximum absolute atomic E-state index is 11.6. The molecule has 0 unspecified atom stereocenters. The highest BCUT2D eigenvalue weighted by Crippen LogP contribution is 2.27. The number of rotatable bonds is 5. The molecule has 9 heteroatoms. The van der Waals surface area contributed by atoms with Crippen molar-refractivity contribution in [2.75, 3.05) is 6.61 Å². The second kappa shape index (κ2) is 5.94. The number of carbonyl (C=O) groups is 2. The van der Waals surface area contributed by atoms with Crippen LogP contribution in [0.4, 0.5) is 5.69 Å². The largest absolute Gasteiger partial charge is 0.368 e. The molecule has 96 valence electrons. The number of carbonyl (C=O) groups excluding carboxylic acids is 2. The minimum absolute atomic E-state index is 0.178. The number of benzene rings is 1. The Kier molecular flexibility index (Phi) is 4.58. The highest BCUT2D eigenvalue weighted by atomic mass is 35.5. The molecule has 1 aromatic rings. The highest BCUT2D eigenvalue weighted by molar-refractivity contribution is 6.33. The van der Waals surface area contributed by atoms with Crippen molar-refractivity contribution in [1.82, 2.24) is 5.48 Å². The van der Waals surface area contributed by atoms with Gasteiger partial charge in [0, 0.05) is 0 Å². The number of primary amides is 1. The summed E-state index contributed by atoms with van der Waals surface area (Å²) >= 11 is 5.62. The zero-order valence-corrected chi connectivity index (χ0v) is 9.64. The Hall–Kier alpha value is -2.19. The lowest BCUT2D eigenvalue weighted by Gasteiger charge is -2.05. The van der Waals surface area contributed by atoms with E-state index < -0.39 is 29.0 Å². The van der Waals surface area contributed by atoms with Crippen LogP contribution < -0.4 is 11.2 Å². The van der Waals surface area contributed by atoms with E-state index in [9.17, 15) is 19.7 Å². The van der Waals surface area contributed by atoms with Crippen molar-refractivity contribution in [3.05, 3.63) is 38.9 Å². The molecular formula is C9H8ClN3O5. The summed E-state index contributed by atoms with van der Waals surface area (Å²) in [4.78, 5) is 36.3. The second-order valence-corrected chi connectivity index (χ2v) is 3.49. The lowest BCUT2D eigenvalue weighted by molar-refractivity contribution is -0.385. The molecule has 0 aliphatic carbocycles. The van der Waals surface area contributed by atoms with E-state index in [-0.39, 0.29) is 10.6 Å². The SMILES string of the molecule is NC(=O)CONC(=O)c1cccc(Cl)c1[N+](=O)[O-]. The lowest BCUT2D eigenvalue weighted by atomic mass is 10.2. The number of hydrogen-bond acceptors (Lipinski definition) is 5. The van der Waals surface area contributed by atoms with E-state index in [1.54, 1.807) is 0 Å². The quantitative estimate of drug-likeness (QED) is 0.593. The Balaban J connectivity index is 2.89. The topological polar surface area (TPSA) is 125 Å². The average Bonchev–Trinajstić information content (AvgIpc) is 2.27. The lowest BCUT2D eigenvalue weighted by Crippen LogP contribution is -2.29. The summed E-state index contributed by atoms with van der Waals surface area (Å²) in [5, 5.41) is 10.6. The fourth-order valence-electron chi connectivity index (χ4n) is 1.11. The van der Waals surface area contributed by atoms with Crippen LogP contribution in [0.5, 0.6) is 0 Å². The Labute approximate surface area is 106 Å². The molecular weight excluding hydrogens is 266 g/mol. The minimum Gasteiger partial charge on any atom is -0.368 e. The third-order valence-corrected chi connectivity index (χ3v) is 2.10. The van der Waals surface area contributed by atoms with Gasteiger partial charge in [0.2, 0.25) is 5.91 Å². The van der Waals surface area contributed by atoms with Gasteiger partial charge in [0.05, 0.1) is 4.92 Å². The number of para-hydroxylation sites is 1. The Bertz CT molecular complexity index is 505. The Morgan fingerprint density at radius 1 is 1.50 bits per heavy atom. The van der Waals surface area contributed by atoms with Gasteiger partial charge < -0.3 is 5.73 Å². The predicted molar refractivity (Wildman–Crippen MR) is 60.7 cm³/mol. The van der Waals surface area contributed by atoms with Crippen molar-refractivity contribution in [2.24, 2.45) is 5.73 Å². The molecule has 0 aliphatic rings. The van der Waals surface area contributed by atoms with Gasteiger partial charge in [-0.3, -0.25) is 24.5 Å². The van der Waals surface area contributed by atoms with Crippen LogP contribution in [0.2, 0.25) is 5.02 Å². The molecule has 0 bridgehead atoms. The fourth-order valence-corrected chi connectivity index (χ4v) is 1.36. The van der Waals surface area contributed by atoms with Crippen molar-refractivity contribution in [1.29, 1.82) is 0 Å². The van der Waals surface area contributed by atoms with E-state index >= 15 is 0 Å². The summed E-state index contributed by atoms with van der Waals surface area (Å²) in [5.74, 6) is -1.69. The van der Waals surface area contributed by atoms with Crippen LogP contribution in [0.1, 0.15) is 10.4 Å². The van der Waals surface area contributed by atoms with Crippen LogP contribution in [-0.2, 0) is 9.63 Å². The van der Waals surface area contributed by atoms with Gasteiger partial charge in [-0.05, 0) is 12.1 Å². The number of hydrogen-bond donors (Lipinski definition) is 2. The summed E-state index contributed by atoms with van der Waals surface area (Å²) in [6.07, 6.45) is 0. The highest BCUT2D eigenvalue weighted by Gasteiger charge is 2.23. The number of nitrogens with zero attached hydrogens (tertiary/aromatic N) is 1. The zero-order valence-electron chi connectivity index (χ0n) is 8.88. The molecule has 2 amide bonds. The molecule has 0 spiro atoms. The number of amides is 2. The van der Waals surface area contributed by atoms with Crippen LogP contribution in [0.15, 0.2) is 18.2 Å². The monoisotopic (exact) mass is 273 g/mol. The molecule has 0 aliphatic heterocycles. The van der Waals surface area contributed by atoms with Gasteiger partial charge in [-0.25, -0.2) is 5.48 Å². The second-order valence-electron chi connectivity index (χ2n) is 3.08. The van der Waals surface area contributed by atoms with Crippen LogP contribution in [0.25, 0.3) is 0 Å². The van der Waals surface area contributed by atoms with E-state index in [0.717, 1.165) is 0 Å². The molecule has 8 nitrogen and oxygen atoms in total. The average molecular weight is 274 g/mol. The van der Waals surface area contributed by atoms with Gasteiger partial charge in [-0.1, -0.05) is 17.7 Å². The molecule has 0 aromatic heterocycles. The number of hydroxylamine groups is 1. The van der Waals surface area contributed by atoms with Gasteiger partial charge in [0.15, 0.2) is 6.61 Å². The van der Waals surface area contributed by atoms with Crippen molar-refractivity contribution < 1.29 is 19.3 Å². The zero-order chi connectivity index (χ0) is 13.7. The van der Waals surface area contributed by atoms with Crippen LogP contribution in [-0.4, -0.2) is 23.3 Å².